The molecule has 7 nitrogen and oxygen atoms in total. The van der Waals surface area contributed by atoms with Crippen molar-refractivity contribution in [1.29, 1.82) is 0 Å². The van der Waals surface area contributed by atoms with Gasteiger partial charge in [0.15, 0.2) is 17.4 Å². The highest BCUT2D eigenvalue weighted by Crippen LogP contribution is 2.52. The highest BCUT2D eigenvalue weighted by Gasteiger charge is 2.52. The Balaban J connectivity index is 1.26. The summed E-state index contributed by atoms with van der Waals surface area (Å²) >= 11 is 0. The predicted molar refractivity (Wildman–Crippen MR) is 136 cm³/mol. The third-order valence-electron chi connectivity index (χ3n) is 8.40. The first kappa shape index (κ1) is 24.0. The third kappa shape index (κ3) is 4.38. The quantitative estimate of drug-likeness (QED) is 0.427. The zero-order chi connectivity index (χ0) is 25.7. The number of phenols is 1. The SMILES string of the molecule is COc1cc(-c2ccc(-c3ncc(N(C4CC4)[C@@H]4C[C@H]5CCC[C@](C)(C5)[C@@H]4F)nn3)c(O)c2)cnc1F. The molecule has 0 spiro atoms. The molecule has 4 atom stereocenters. The van der Waals surface area contributed by atoms with Crippen LogP contribution in [0.1, 0.15) is 51.9 Å². The molecule has 2 aromatic heterocycles. The number of benzene rings is 1. The monoisotopic (exact) mass is 507 g/mol. The van der Waals surface area contributed by atoms with Crippen molar-refractivity contribution < 1.29 is 18.6 Å². The average molecular weight is 508 g/mol. The first-order chi connectivity index (χ1) is 17.9. The summed E-state index contributed by atoms with van der Waals surface area (Å²) in [4.78, 5) is 10.4. The van der Waals surface area contributed by atoms with Crippen molar-refractivity contribution in [3.05, 3.63) is 42.6 Å². The Kier molecular flexibility index (Phi) is 5.96. The summed E-state index contributed by atoms with van der Waals surface area (Å²) in [5.41, 5.74) is 1.39. The molecular weight excluding hydrogens is 476 g/mol. The molecule has 1 aromatic carbocycles. The van der Waals surface area contributed by atoms with Crippen LogP contribution in [0.15, 0.2) is 36.7 Å². The van der Waals surface area contributed by atoms with Crippen LogP contribution in [0.2, 0.25) is 0 Å². The average Bonchev–Trinajstić information content (AvgIpc) is 3.73. The fraction of sp³-hybridized carbons (Fsp3) is 0.500. The molecule has 3 aliphatic carbocycles. The Morgan fingerprint density at radius 3 is 2.62 bits per heavy atom. The maximum atomic E-state index is 15.9. The number of aromatic nitrogens is 4. The van der Waals surface area contributed by atoms with E-state index >= 15 is 4.39 Å². The van der Waals surface area contributed by atoms with E-state index in [0.29, 0.717) is 28.4 Å². The molecule has 194 valence electrons. The lowest BCUT2D eigenvalue weighted by Crippen LogP contribution is -2.56. The van der Waals surface area contributed by atoms with Crippen molar-refractivity contribution >= 4 is 5.82 Å². The van der Waals surface area contributed by atoms with Crippen LogP contribution in [0.5, 0.6) is 11.5 Å². The van der Waals surface area contributed by atoms with Crippen LogP contribution >= 0.6 is 0 Å². The van der Waals surface area contributed by atoms with Gasteiger partial charge in [-0.25, -0.2) is 14.4 Å². The molecule has 0 aliphatic heterocycles. The zero-order valence-corrected chi connectivity index (χ0v) is 21.1. The Labute approximate surface area is 214 Å². The molecule has 9 heteroatoms. The fourth-order valence-corrected chi connectivity index (χ4v) is 6.41. The van der Waals surface area contributed by atoms with E-state index in [9.17, 15) is 9.50 Å². The number of halogens is 2. The van der Waals surface area contributed by atoms with Crippen LogP contribution in [0.3, 0.4) is 0 Å². The van der Waals surface area contributed by atoms with Gasteiger partial charge in [0.1, 0.15) is 11.9 Å². The van der Waals surface area contributed by atoms with Crippen molar-refractivity contribution in [2.24, 2.45) is 11.3 Å². The lowest BCUT2D eigenvalue weighted by atomic mass is 9.60. The molecule has 3 saturated carbocycles. The number of ether oxygens (including phenoxy) is 1. The van der Waals surface area contributed by atoms with Gasteiger partial charge in [-0.3, -0.25) is 0 Å². The van der Waals surface area contributed by atoms with Crippen molar-refractivity contribution in [2.45, 2.75) is 70.1 Å². The number of hydrogen-bond donors (Lipinski definition) is 1. The summed E-state index contributed by atoms with van der Waals surface area (Å²) in [5, 5.41) is 19.5. The Morgan fingerprint density at radius 2 is 1.92 bits per heavy atom. The minimum Gasteiger partial charge on any atom is -0.507 e. The van der Waals surface area contributed by atoms with Crippen molar-refractivity contribution in [2.75, 3.05) is 12.0 Å². The molecule has 6 rings (SSSR count). The molecule has 2 bridgehead atoms. The van der Waals surface area contributed by atoms with E-state index in [1.165, 1.54) is 25.8 Å². The molecule has 0 radical (unpaired) electrons. The largest absolute Gasteiger partial charge is 0.507 e. The molecule has 1 N–H and O–H groups in total. The Bertz CT molecular complexity index is 1300. The number of fused-ring (bicyclic) bond motifs is 2. The van der Waals surface area contributed by atoms with Gasteiger partial charge in [0, 0.05) is 23.2 Å². The van der Waals surface area contributed by atoms with Crippen LogP contribution in [0, 0.1) is 17.3 Å². The number of hydrogen-bond acceptors (Lipinski definition) is 7. The number of alkyl halides is 1. The molecule has 3 fully saturated rings. The summed E-state index contributed by atoms with van der Waals surface area (Å²) in [6, 6.07) is 6.61. The van der Waals surface area contributed by atoms with Gasteiger partial charge in [0.2, 0.25) is 0 Å². The summed E-state index contributed by atoms with van der Waals surface area (Å²) in [5.74, 6) is 0.730. The summed E-state index contributed by atoms with van der Waals surface area (Å²) in [6.45, 7) is 2.11. The van der Waals surface area contributed by atoms with Gasteiger partial charge in [-0.05, 0) is 61.8 Å². The van der Waals surface area contributed by atoms with Crippen molar-refractivity contribution in [1.82, 2.24) is 20.2 Å². The van der Waals surface area contributed by atoms with Gasteiger partial charge < -0.3 is 14.7 Å². The highest BCUT2D eigenvalue weighted by molar-refractivity contribution is 5.73. The maximum absolute atomic E-state index is 15.9. The van der Waals surface area contributed by atoms with E-state index in [1.54, 1.807) is 24.4 Å². The van der Waals surface area contributed by atoms with Crippen LogP contribution in [0.25, 0.3) is 22.5 Å². The first-order valence-corrected chi connectivity index (χ1v) is 13.0. The molecule has 37 heavy (non-hydrogen) atoms. The number of phenolic OH excluding ortho intramolecular Hbond substituents is 1. The zero-order valence-electron chi connectivity index (χ0n) is 21.1. The second kappa shape index (κ2) is 9.19. The summed E-state index contributed by atoms with van der Waals surface area (Å²) < 4.78 is 34.6. The van der Waals surface area contributed by atoms with E-state index in [4.69, 9.17) is 4.74 Å². The van der Waals surface area contributed by atoms with E-state index in [0.717, 1.165) is 38.5 Å². The summed E-state index contributed by atoms with van der Waals surface area (Å²) in [6.07, 6.45) is 9.24. The lowest BCUT2D eigenvalue weighted by molar-refractivity contribution is -0.0125. The van der Waals surface area contributed by atoms with Gasteiger partial charge in [-0.2, -0.15) is 4.39 Å². The summed E-state index contributed by atoms with van der Waals surface area (Å²) in [7, 11) is 1.37. The fourth-order valence-electron chi connectivity index (χ4n) is 6.41. The molecule has 0 saturated heterocycles. The number of nitrogens with zero attached hydrogens (tertiary/aromatic N) is 5. The minimum atomic E-state index is -0.901. The second-order valence-corrected chi connectivity index (χ2v) is 11.0. The minimum absolute atomic E-state index is 0.0236. The number of rotatable bonds is 6. The third-order valence-corrected chi connectivity index (χ3v) is 8.40. The van der Waals surface area contributed by atoms with Gasteiger partial charge in [0.05, 0.1) is 24.9 Å². The van der Waals surface area contributed by atoms with Gasteiger partial charge in [0.25, 0.3) is 5.95 Å². The molecule has 0 amide bonds. The topological polar surface area (TPSA) is 84.3 Å². The van der Waals surface area contributed by atoms with Gasteiger partial charge >= 0.3 is 0 Å². The second-order valence-electron chi connectivity index (χ2n) is 11.0. The molecular formula is C28H31F2N5O2. The van der Waals surface area contributed by atoms with Gasteiger partial charge in [-0.1, -0.05) is 25.8 Å². The van der Waals surface area contributed by atoms with Crippen LogP contribution in [0.4, 0.5) is 14.6 Å². The van der Waals surface area contributed by atoms with E-state index in [-0.39, 0.29) is 34.8 Å². The van der Waals surface area contributed by atoms with Gasteiger partial charge in [-0.15, -0.1) is 10.2 Å². The molecule has 3 aliphatic rings. The van der Waals surface area contributed by atoms with E-state index in [2.05, 4.69) is 32.0 Å². The maximum Gasteiger partial charge on any atom is 0.255 e. The van der Waals surface area contributed by atoms with E-state index < -0.39 is 12.1 Å². The standard InChI is InChI=1S/C28H31F2N5O2/c1-28-9-3-4-16(13-28)10-21(25(28)29)35(19-6-7-19)24-15-32-27(34-33-24)20-8-5-17(11-22(20)36)18-12-23(37-2)26(30)31-14-18/h5,8,11-12,14-16,19,21,25,36H,3-4,6-7,9-10,13H2,1-2H3/t16-,21-,25-,28-/m1/s1. The number of aromatic hydroxyl groups is 1. The number of pyridine rings is 1. The molecule has 2 heterocycles. The highest BCUT2D eigenvalue weighted by atomic mass is 19.1. The first-order valence-electron chi connectivity index (χ1n) is 13.0. The number of anilines is 1. The van der Waals surface area contributed by atoms with Crippen LogP contribution < -0.4 is 9.64 Å². The van der Waals surface area contributed by atoms with Crippen LogP contribution in [-0.2, 0) is 0 Å². The number of methoxy groups -OCH3 is 1. The Hall–Kier alpha value is -3.36. The smallest absolute Gasteiger partial charge is 0.255 e. The molecule has 3 aromatic rings. The molecule has 0 unspecified atom stereocenters. The van der Waals surface area contributed by atoms with Crippen LogP contribution in [-0.4, -0.2) is 50.6 Å². The van der Waals surface area contributed by atoms with E-state index in [1.807, 2.05) is 0 Å². The van der Waals surface area contributed by atoms with Crippen molar-refractivity contribution in [3.63, 3.8) is 0 Å². The lowest BCUT2D eigenvalue weighted by Gasteiger charge is -2.52. The normalized spacial score (nSPS) is 27.1. The Morgan fingerprint density at radius 1 is 1.08 bits per heavy atom. The van der Waals surface area contributed by atoms with Crippen molar-refractivity contribution in [3.8, 4) is 34.0 Å². The predicted octanol–water partition coefficient (Wildman–Crippen LogP) is 5.73.